The highest BCUT2D eigenvalue weighted by Crippen LogP contribution is 2.41. The van der Waals surface area contributed by atoms with Crippen molar-refractivity contribution >= 4 is 11.9 Å². The van der Waals surface area contributed by atoms with Crippen molar-refractivity contribution in [3.63, 3.8) is 0 Å². The molecule has 2 rings (SSSR count). The lowest BCUT2D eigenvalue weighted by atomic mass is 9.83. The second-order valence-corrected chi connectivity index (χ2v) is 5.31. The molecule has 124 valence electrons. The van der Waals surface area contributed by atoms with E-state index in [9.17, 15) is 9.59 Å². The van der Waals surface area contributed by atoms with E-state index in [1.807, 2.05) is 6.07 Å². The van der Waals surface area contributed by atoms with E-state index in [0.717, 1.165) is 5.56 Å². The van der Waals surface area contributed by atoms with Crippen LogP contribution in [0.15, 0.2) is 29.5 Å². The number of ether oxygens (including phenoxy) is 3. The van der Waals surface area contributed by atoms with Gasteiger partial charge in [-0.3, -0.25) is 4.79 Å². The van der Waals surface area contributed by atoms with Gasteiger partial charge in [0, 0.05) is 36.7 Å². The van der Waals surface area contributed by atoms with E-state index < -0.39 is 11.9 Å². The fourth-order valence-electron chi connectivity index (χ4n) is 2.81. The molecule has 0 spiro atoms. The Morgan fingerprint density at radius 2 is 1.91 bits per heavy atom. The summed E-state index contributed by atoms with van der Waals surface area (Å²) in [6, 6.07) is 5.34. The van der Waals surface area contributed by atoms with E-state index in [2.05, 4.69) is 0 Å². The van der Waals surface area contributed by atoms with Crippen LogP contribution in [0.4, 0.5) is 0 Å². The number of rotatable bonds is 4. The van der Waals surface area contributed by atoms with Crippen LogP contribution in [0.3, 0.4) is 0 Å². The smallest absolute Gasteiger partial charge is 0.336 e. The minimum atomic E-state index is -0.440. The van der Waals surface area contributed by atoms with Crippen molar-refractivity contribution in [3.05, 3.63) is 35.0 Å². The molecule has 23 heavy (non-hydrogen) atoms. The van der Waals surface area contributed by atoms with Crippen LogP contribution in [0.2, 0.25) is 0 Å². The summed E-state index contributed by atoms with van der Waals surface area (Å²) in [7, 11) is 6.10. The van der Waals surface area contributed by atoms with Gasteiger partial charge in [-0.1, -0.05) is 6.07 Å². The van der Waals surface area contributed by atoms with Crippen LogP contribution in [0, 0.1) is 0 Å². The molecule has 1 amide bonds. The highest BCUT2D eigenvalue weighted by Gasteiger charge is 2.36. The molecular formula is C17H21NO5. The average molecular weight is 319 g/mol. The zero-order chi connectivity index (χ0) is 17.1. The van der Waals surface area contributed by atoms with Gasteiger partial charge in [0.2, 0.25) is 5.91 Å². The predicted molar refractivity (Wildman–Crippen MR) is 84.4 cm³/mol. The lowest BCUT2D eigenvalue weighted by Crippen LogP contribution is -2.35. The van der Waals surface area contributed by atoms with E-state index in [-0.39, 0.29) is 12.3 Å². The lowest BCUT2D eigenvalue weighted by Gasteiger charge is -2.32. The molecule has 0 aliphatic carbocycles. The molecule has 6 nitrogen and oxygen atoms in total. The molecular weight excluding hydrogens is 298 g/mol. The molecule has 0 radical (unpaired) electrons. The SMILES string of the molecule is COC(=O)C1=C(C)N(C)C(=O)C[C@H]1c1ccc(OC)cc1OC. The Kier molecular flexibility index (Phi) is 4.93. The summed E-state index contributed by atoms with van der Waals surface area (Å²) in [6.45, 7) is 1.74. The summed E-state index contributed by atoms with van der Waals surface area (Å²) < 4.78 is 15.5. The maximum Gasteiger partial charge on any atom is 0.336 e. The fourth-order valence-corrected chi connectivity index (χ4v) is 2.81. The van der Waals surface area contributed by atoms with Gasteiger partial charge in [0.25, 0.3) is 0 Å². The number of amides is 1. The Balaban J connectivity index is 2.60. The second kappa shape index (κ2) is 6.73. The quantitative estimate of drug-likeness (QED) is 0.795. The molecule has 6 heteroatoms. The van der Waals surface area contributed by atoms with Crippen LogP contribution in [0.1, 0.15) is 24.8 Å². The van der Waals surface area contributed by atoms with Crippen LogP contribution in [-0.4, -0.2) is 45.2 Å². The number of carbonyl (C=O) groups is 2. The molecule has 0 fully saturated rings. The number of nitrogens with zero attached hydrogens (tertiary/aromatic N) is 1. The highest BCUT2D eigenvalue weighted by atomic mass is 16.5. The minimum absolute atomic E-state index is 0.0574. The third kappa shape index (κ3) is 3.02. The van der Waals surface area contributed by atoms with Gasteiger partial charge in [-0.25, -0.2) is 4.79 Å². The molecule has 0 N–H and O–H groups in total. The zero-order valence-electron chi connectivity index (χ0n) is 14.0. The maximum atomic E-state index is 12.3. The Labute approximate surface area is 135 Å². The van der Waals surface area contributed by atoms with Gasteiger partial charge in [0.15, 0.2) is 0 Å². The molecule has 1 heterocycles. The van der Waals surface area contributed by atoms with Crippen molar-refractivity contribution in [2.24, 2.45) is 0 Å². The van der Waals surface area contributed by atoms with Crippen molar-refractivity contribution in [3.8, 4) is 11.5 Å². The maximum absolute atomic E-state index is 12.3. The van der Waals surface area contributed by atoms with E-state index in [4.69, 9.17) is 14.2 Å². The molecule has 1 aromatic rings. The first-order chi connectivity index (χ1) is 10.9. The molecule has 1 aliphatic rings. The van der Waals surface area contributed by atoms with Crippen LogP contribution >= 0.6 is 0 Å². The Morgan fingerprint density at radius 3 is 2.48 bits per heavy atom. The molecule has 0 aromatic heterocycles. The Hall–Kier alpha value is -2.50. The van der Waals surface area contributed by atoms with E-state index in [1.165, 1.54) is 12.0 Å². The zero-order valence-corrected chi connectivity index (χ0v) is 14.0. The molecule has 0 bridgehead atoms. The summed E-state index contributed by atoms with van der Waals surface area (Å²) in [5.74, 6) is 0.306. The lowest BCUT2D eigenvalue weighted by molar-refractivity contribution is -0.137. The van der Waals surface area contributed by atoms with Gasteiger partial charge in [-0.05, 0) is 13.0 Å². The van der Waals surface area contributed by atoms with Crippen molar-refractivity contribution in [1.82, 2.24) is 4.90 Å². The Bertz CT molecular complexity index is 665. The largest absolute Gasteiger partial charge is 0.497 e. The molecule has 0 unspecified atom stereocenters. The van der Waals surface area contributed by atoms with Gasteiger partial charge in [-0.15, -0.1) is 0 Å². The normalized spacial score (nSPS) is 18.0. The van der Waals surface area contributed by atoms with Crippen molar-refractivity contribution < 1.29 is 23.8 Å². The van der Waals surface area contributed by atoms with Crippen LogP contribution in [0.5, 0.6) is 11.5 Å². The average Bonchev–Trinajstić information content (AvgIpc) is 2.58. The third-order valence-electron chi connectivity index (χ3n) is 4.22. The van der Waals surface area contributed by atoms with Gasteiger partial charge >= 0.3 is 5.97 Å². The summed E-state index contributed by atoms with van der Waals surface area (Å²) in [4.78, 5) is 26.0. The Morgan fingerprint density at radius 1 is 1.22 bits per heavy atom. The number of hydrogen-bond donors (Lipinski definition) is 0. The van der Waals surface area contributed by atoms with Crippen LogP contribution < -0.4 is 9.47 Å². The first kappa shape index (κ1) is 16.9. The summed E-state index contributed by atoms with van der Waals surface area (Å²) in [5.41, 5.74) is 1.82. The topological polar surface area (TPSA) is 65.1 Å². The minimum Gasteiger partial charge on any atom is -0.497 e. The van der Waals surface area contributed by atoms with Crippen molar-refractivity contribution in [2.75, 3.05) is 28.4 Å². The monoisotopic (exact) mass is 319 g/mol. The number of esters is 1. The van der Waals surface area contributed by atoms with E-state index in [1.54, 1.807) is 40.3 Å². The number of benzene rings is 1. The number of allylic oxidation sites excluding steroid dienone is 1. The van der Waals surface area contributed by atoms with E-state index >= 15 is 0 Å². The number of hydrogen-bond acceptors (Lipinski definition) is 5. The molecule has 1 aromatic carbocycles. The van der Waals surface area contributed by atoms with Crippen molar-refractivity contribution in [1.29, 1.82) is 0 Å². The molecule has 1 aliphatic heterocycles. The van der Waals surface area contributed by atoms with Crippen LogP contribution in [0.25, 0.3) is 0 Å². The summed E-state index contributed by atoms with van der Waals surface area (Å²) >= 11 is 0. The highest BCUT2D eigenvalue weighted by molar-refractivity contribution is 5.95. The first-order valence-electron chi connectivity index (χ1n) is 7.22. The van der Waals surface area contributed by atoms with Gasteiger partial charge < -0.3 is 19.1 Å². The predicted octanol–water partition coefficient (Wildman–Crippen LogP) is 2.10. The molecule has 0 saturated heterocycles. The second-order valence-electron chi connectivity index (χ2n) is 5.31. The number of methoxy groups -OCH3 is 3. The first-order valence-corrected chi connectivity index (χ1v) is 7.22. The number of carbonyl (C=O) groups excluding carboxylic acids is 2. The van der Waals surface area contributed by atoms with Gasteiger partial charge in [-0.2, -0.15) is 0 Å². The molecule has 1 atom stereocenters. The van der Waals surface area contributed by atoms with Crippen molar-refractivity contribution in [2.45, 2.75) is 19.3 Å². The standard InChI is InChI=1S/C17H21NO5/c1-10-16(17(20)23-5)13(9-15(19)18(10)2)12-7-6-11(21-3)8-14(12)22-4/h6-8,13H,9H2,1-5H3/t13-/m0/s1. The third-order valence-corrected chi connectivity index (χ3v) is 4.22. The van der Waals surface area contributed by atoms with E-state index in [0.29, 0.717) is 22.8 Å². The molecule has 0 saturated carbocycles. The van der Waals surface area contributed by atoms with Crippen LogP contribution in [-0.2, 0) is 14.3 Å². The van der Waals surface area contributed by atoms with Gasteiger partial charge in [0.1, 0.15) is 11.5 Å². The summed E-state index contributed by atoms with van der Waals surface area (Å²) in [5, 5.41) is 0. The van der Waals surface area contributed by atoms with Gasteiger partial charge in [0.05, 0.1) is 26.9 Å². The fraction of sp³-hybridized carbons (Fsp3) is 0.412. The summed E-state index contributed by atoms with van der Waals surface area (Å²) in [6.07, 6.45) is 0.182.